The first-order valence-electron chi connectivity index (χ1n) is 7.62. The molecule has 3 rings (SSSR count). The van der Waals surface area contributed by atoms with Gasteiger partial charge in [-0.05, 0) is 24.6 Å². The van der Waals surface area contributed by atoms with Gasteiger partial charge in [0.25, 0.3) is 5.91 Å². The number of carbonyl (C=O) groups is 1. The predicted molar refractivity (Wildman–Crippen MR) is 95.9 cm³/mol. The lowest BCUT2D eigenvalue weighted by Crippen LogP contribution is -2.25. The Morgan fingerprint density at radius 2 is 1.91 bits per heavy atom. The van der Waals surface area contributed by atoms with Crippen LogP contribution in [0, 0.1) is 6.92 Å². The molecule has 0 bridgehead atoms. The summed E-state index contributed by atoms with van der Waals surface area (Å²) in [5.41, 5.74) is 3.33. The molecule has 0 saturated heterocycles. The molecule has 1 aromatic heterocycles. The van der Waals surface area contributed by atoms with E-state index >= 15 is 0 Å². The summed E-state index contributed by atoms with van der Waals surface area (Å²) in [7, 11) is 0. The van der Waals surface area contributed by atoms with Crippen molar-refractivity contribution < 1.29 is 9.21 Å². The molecule has 0 radical (unpaired) electrons. The van der Waals surface area contributed by atoms with Gasteiger partial charge in [-0.3, -0.25) is 4.79 Å². The van der Waals surface area contributed by atoms with Gasteiger partial charge in [0, 0.05) is 23.4 Å². The maximum atomic E-state index is 12.1. The number of amides is 1. The number of thioether (sulfide) groups is 1. The van der Waals surface area contributed by atoms with Crippen LogP contribution in [-0.4, -0.2) is 18.2 Å². The van der Waals surface area contributed by atoms with E-state index in [0.717, 1.165) is 22.5 Å². The first-order valence-corrected chi connectivity index (χ1v) is 8.78. The quantitative estimate of drug-likeness (QED) is 0.683. The van der Waals surface area contributed by atoms with E-state index in [-0.39, 0.29) is 5.91 Å². The van der Waals surface area contributed by atoms with Crippen LogP contribution in [0.25, 0.3) is 11.0 Å². The average molecular weight is 325 g/mol. The van der Waals surface area contributed by atoms with Crippen molar-refractivity contribution in [1.82, 2.24) is 5.32 Å². The Balaban J connectivity index is 1.43. The lowest BCUT2D eigenvalue weighted by atomic mass is 10.2. The molecular formula is C19H19NO2S. The first kappa shape index (κ1) is 15.7. The maximum Gasteiger partial charge on any atom is 0.287 e. The summed E-state index contributed by atoms with van der Waals surface area (Å²) in [5.74, 6) is 2.05. The van der Waals surface area contributed by atoms with Gasteiger partial charge < -0.3 is 9.73 Å². The van der Waals surface area contributed by atoms with Crippen LogP contribution in [0.1, 0.15) is 21.7 Å². The third kappa shape index (κ3) is 4.17. The molecule has 1 amide bonds. The van der Waals surface area contributed by atoms with Gasteiger partial charge in [-0.1, -0.05) is 48.0 Å². The molecule has 1 N–H and O–H groups in total. The molecule has 0 aliphatic rings. The van der Waals surface area contributed by atoms with Crippen molar-refractivity contribution in [2.75, 3.05) is 12.3 Å². The number of para-hydroxylation sites is 1. The minimum absolute atomic E-state index is 0.155. The van der Waals surface area contributed by atoms with Crippen molar-refractivity contribution in [2.45, 2.75) is 12.7 Å². The zero-order valence-corrected chi connectivity index (χ0v) is 13.9. The molecule has 2 aromatic carbocycles. The van der Waals surface area contributed by atoms with Crippen molar-refractivity contribution in [3.63, 3.8) is 0 Å². The van der Waals surface area contributed by atoms with Gasteiger partial charge in [0.15, 0.2) is 5.76 Å². The Kier molecular flexibility index (Phi) is 5.03. The normalized spacial score (nSPS) is 10.8. The Hall–Kier alpha value is -2.20. The van der Waals surface area contributed by atoms with E-state index in [1.54, 1.807) is 6.07 Å². The van der Waals surface area contributed by atoms with Crippen LogP contribution < -0.4 is 5.32 Å². The van der Waals surface area contributed by atoms with Crippen molar-refractivity contribution >= 4 is 28.6 Å². The molecule has 0 unspecified atom stereocenters. The molecule has 0 aliphatic heterocycles. The second-order valence-electron chi connectivity index (χ2n) is 5.44. The lowest BCUT2D eigenvalue weighted by molar-refractivity contribution is 0.0930. The molecule has 0 saturated carbocycles. The Labute approximate surface area is 140 Å². The third-order valence-corrected chi connectivity index (χ3v) is 4.60. The molecular weight excluding hydrogens is 306 g/mol. The SMILES string of the molecule is Cc1ccc(CSCCNC(=O)c2cc3ccccc3o2)cc1. The number of aryl methyl sites for hydroxylation is 1. The summed E-state index contributed by atoms with van der Waals surface area (Å²) in [5, 5.41) is 3.85. The number of hydrogen-bond acceptors (Lipinski definition) is 3. The zero-order chi connectivity index (χ0) is 16.1. The van der Waals surface area contributed by atoms with Gasteiger partial charge in [0.05, 0.1) is 0 Å². The van der Waals surface area contributed by atoms with Crippen LogP contribution in [0.15, 0.2) is 59.0 Å². The molecule has 0 atom stereocenters. The maximum absolute atomic E-state index is 12.1. The highest BCUT2D eigenvalue weighted by atomic mass is 32.2. The molecule has 3 nitrogen and oxygen atoms in total. The van der Waals surface area contributed by atoms with Gasteiger partial charge in [0.1, 0.15) is 5.58 Å². The fraction of sp³-hybridized carbons (Fsp3) is 0.211. The van der Waals surface area contributed by atoms with Crippen molar-refractivity contribution in [3.05, 3.63) is 71.5 Å². The van der Waals surface area contributed by atoms with Crippen molar-refractivity contribution in [2.24, 2.45) is 0 Å². The van der Waals surface area contributed by atoms with Crippen LogP contribution in [0.3, 0.4) is 0 Å². The van der Waals surface area contributed by atoms with Crippen LogP contribution in [-0.2, 0) is 5.75 Å². The number of hydrogen-bond donors (Lipinski definition) is 1. The summed E-state index contributed by atoms with van der Waals surface area (Å²) in [6, 6.07) is 18.0. The van der Waals surface area contributed by atoms with E-state index in [2.05, 4.69) is 36.5 Å². The zero-order valence-electron chi connectivity index (χ0n) is 13.0. The fourth-order valence-corrected chi connectivity index (χ4v) is 3.11. The second-order valence-corrected chi connectivity index (χ2v) is 6.55. The minimum atomic E-state index is -0.155. The average Bonchev–Trinajstić information content (AvgIpc) is 3.00. The highest BCUT2D eigenvalue weighted by Crippen LogP contribution is 2.18. The van der Waals surface area contributed by atoms with Crippen LogP contribution in [0.4, 0.5) is 0 Å². The summed E-state index contributed by atoms with van der Waals surface area (Å²) in [6.45, 7) is 2.72. The number of carbonyl (C=O) groups excluding carboxylic acids is 1. The third-order valence-electron chi connectivity index (χ3n) is 3.57. The van der Waals surface area contributed by atoms with Gasteiger partial charge in [-0.2, -0.15) is 11.8 Å². The van der Waals surface area contributed by atoms with E-state index in [1.807, 2.05) is 36.0 Å². The topological polar surface area (TPSA) is 42.2 Å². The number of nitrogens with one attached hydrogen (secondary N) is 1. The van der Waals surface area contributed by atoms with Crippen LogP contribution in [0.2, 0.25) is 0 Å². The van der Waals surface area contributed by atoms with E-state index in [4.69, 9.17) is 4.42 Å². The number of fused-ring (bicyclic) bond motifs is 1. The Morgan fingerprint density at radius 3 is 2.70 bits per heavy atom. The molecule has 1 heterocycles. The van der Waals surface area contributed by atoms with Crippen LogP contribution in [0.5, 0.6) is 0 Å². The summed E-state index contributed by atoms with van der Waals surface area (Å²) in [6.07, 6.45) is 0. The lowest BCUT2D eigenvalue weighted by Gasteiger charge is -2.04. The van der Waals surface area contributed by atoms with E-state index in [9.17, 15) is 4.79 Å². The predicted octanol–water partition coefficient (Wildman–Crippen LogP) is 4.40. The van der Waals surface area contributed by atoms with Crippen LogP contribution >= 0.6 is 11.8 Å². The Morgan fingerprint density at radius 1 is 1.13 bits per heavy atom. The molecule has 0 fully saturated rings. The molecule has 3 aromatic rings. The highest BCUT2D eigenvalue weighted by Gasteiger charge is 2.11. The first-order chi connectivity index (χ1) is 11.2. The standard InChI is InChI=1S/C19H19NO2S/c1-14-6-8-15(9-7-14)13-23-11-10-20-19(21)18-12-16-4-2-3-5-17(16)22-18/h2-9,12H,10-11,13H2,1H3,(H,20,21). The van der Waals surface area contributed by atoms with E-state index in [0.29, 0.717) is 12.3 Å². The number of benzene rings is 2. The molecule has 118 valence electrons. The second kappa shape index (κ2) is 7.38. The highest BCUT2D eigenvalue weighted by molar-refractivity contribution is 7.98. The molecule has 0 aliphatic carbocycles. The van der Waals surface area contributed by atoms with E-state index < -0.39 is 0 Å². The largest absolute Gasteiger partial charge is 0.451 e. The Bertz CT molecular complexity index is 759. The van der Waals surface area contributed by atoms with Crippen molar-refractivity contribution in [3.8, 4) is 0 Å². The summed E-state index contributed by atoms with van der Waals surface area (Å²) >= 11 is 1.81. The summed E-state index contributed by atoms with van der Waals surface area (Å²) < 4.78 is 5.55. The summed E-state index contributed by atoms with van der Waals surface area (Å²) in [4.78, 5) is 12.1. The fourth-order valence-electron chi connectivity index (χ4n) is 2.29. The van der Waals surface area contributed by atoms with Gasteiger partial charge in [0.2, 0.25) is 0 Å². The number of furan rings is 1. The van der Waals surface area contributed by atoms with Crippen molar-refractivity contribution in [1.29, 1.82) is 0 Å². The molecule has 4 heteroatoms. The van der Waals surface area contributed by atoms with Gasteiger partial charge in [-0.25, -0.2) is 0 Å². The molecule has 0 spiro atoms. The number of rotatable bonds is 6. The molecule has 23 heavy (non-hydrogen) atoms. The van der Waals surface area contributed by atoms with E-state index in [1.165, 1.54) is 11.1 Å². The monoisotopic (exact) mass is 325 g/mol. The minimum Gasteiger partial charge on any atom is -0.451 e. The van der Waals surface area contributed by atoms with Gasteiger partial charge in [-0.15, -0.1) is 0 Å². The van der Waals surface area contributed by atoms with Gasteiger partial charge >= 0.3 is 0 Å². The smallest absolute Gasteiger partial charge is 0.287 e.